The van der Waals surface area contributed by atoms with Crippen LogP contribution >= 0.6 is 15.9 Å². The number of carbonyl (C=O) groups excluding carboxylic acids is 1. The highest BCUT2D eigenvalue weighted by molar-refractivity contribution is 9.10. The summed E-state index contributed by atoms with van der Waals surface area (Å²) in [5.74, 6) is -0.901. The molecule has 0 aliphatic rings. The van der Waals surface area contributed by atoms with Crippen molar-refractivity contribution >= 4 is 33.2 Å². The molecule has 0 spiro atoms. The van der Waals surface area contributed by atoms with Gasteiger partial charge in [-0.15, -0.1) is 0 Å². The van der Waals surface area contributed by atoms with Gasteiger partial charge in [0.05, 0.1) is 4.47 Å². The largest absolute Gasteiger partial charge is 0.398 e. The number of carbonyl (C=O) groups is 1. The summed E-state index contributed by atoms with van der Waals surface area (Å²) < 4.78 is 14.4. The number of amides is 1. The average molecular weight is 340 g/mol. The van der Waals surface area contributed by atoms with Crippen LogP contribution in [0.5, 0.6) is 0 Å². The van der Waals surface area contributed by atoms with Crippen molar-refractivity contribution in [1.29, 1.82) is 0 Å². The van der Waals surface area contributed by atoms with Crippen LogP contribution in [-0.2, 0) is 11.3 Å². The van der Waals surface area contributed by atoms with Gasteiger partial charge in [0.25, 0.3) is 5.56 Å². The summed E-state index contributed by atoms with van der Waals surface area (Å²) in [7, 11) is 0. The molecule has 2 rings (SSSR count). The van der Waals surface area contributed by atoms with Gasteiger partial charge in [-0.1, -0.05) is 6.07 Å². The van der Waals surface area contributed by atoms with Crippen molar-refractivity contribution in [2.24, 2.45) is 0 Å². The Hall–Kier alpha value is -2.15. The van der Waals surface area contributed by atoms with Gasteiger partial charge in [-0.3, -0.25) is 9.59 Å². The second-order valence-electron chi connectivity index (χ2n) is 4.11. The Balaban J connectivity index is 2.15. The lowest BCUT2D eigenvalue weighted by atomic mass is 10.3. The van der Waals surface area contributed by atoms with E-state index < -0.39 is 11.7 Å². The first-order valence-corrected chi connectivity index (χ1v) is 6.46. The highest BCUT2D eigenvalue weighted by Gasteiger charge is 2.08. The van der Waals surface area contributed by atoms with Crippen molar-refractivity contribution < 1.29 is 9.18 Å². The third-order valence-electron chi connectivity index (χ3n) is 2.49. The SMILES string of the molecule is Nc1cc(Br)c(=O)n(CC(=O)Nc2cccc(F)c2)c1. The van der Waals surface area contributed by atoms with Crippen LogP contribution < -0.4 is 16.6 Å². The summed E-state index contributed by atoms with van der Waals surface area (Å²) in [5, 5.41) is 2.50. The maximum atomic E-state index is 13.0. The standard InChI is InChI=1S/C13H11BrFN3O2/c14-11-5-9(16)6-18(13(11)20)7-12(19)17-10-3-1-2-8(15)4-10/h1-6H,7,16H2,(H,17,19). The lowest BCUT2D eigenvalue weighted by Gasteiger charge is -2.08. The molecule has 1 heterocycles. The van der Waals surface area contributed by atoms with Crippen LogP contribution in [0, 0.1) is 5.82 Å². The zero-order valence-corrected chi connectivity index (χ0v) is 11.9. The number of benzene rings is 1. The Kier molecular flexibility index (Phi) is 4.19. The molecule has 104 valence electrons. The second kappa shape index (κ2) is 5.87. The smallest absolute Gasteiger partial charge is 0.265 e. The van der Waals surface area contributed by atoms with Crippen molar-refractivity contribution in [2.45, 2.75) is 6.54 Å². The first kappa shape index (κ1) is 14.3. The minimum atomic E-state index is -0.452. The molecule has 20 heavy (non-hydrogen) atoms. The average Bonchev–Trinajstić information content (AvgIpc) is 2.35. The molecular weight excluding hydrogens is 329 g/mol. The maximum absolute atomic E-state index is 13.0. The van der Waals surface area contributed by atoms with Gasteiger partial charge in [0.2, 0.25) is 5.91 Å². The normalized spacial score (nSPS) is 10.3. The molecule has 1 aromatic carbocycles. The number of anilines is 2. The molecule has 0 atom stereocenters. The number of hydrogen-bond donors (Lipinski definition) is 2. The first-order chi connectivity index (χ1) is 9.45. The summed E-state index contributed by atoms with van der Waals surface area (Å²) in [6.45, 7) is -0.209. The Bertz CT molecular complexity index is 715. The predicted molar refractivity (Wildman–Crippen MR) is 77.8 cm³/mol. The fraction of sp³-hybridized carbons (Fsp3) is 0.0769. The van der Waals surface area contributed by atoms with Gasteiger partial charge >= 0.3 is 0 Å². The molecule has 0 aliphatic heterocycles. The summed E-state index contributed by atoms with van der Waals surface area (Å²) in [6, 6.07) is 6.96. The van der Waals surface area contributed by atoms with Gasteiger partial charge in [0.1, 0.15) is 12.4 Å². The molecule has 2 aromatic rings. The van der Waals surface area contributed by atoms with Crippen molar-refractivity contribution in [3.63, 3.8) is 0 Å². The Morgan fingerprint density at radius 1 is 1.40 bits per heavy atom. The topological polar surface area (TPSA) is 77.1 Å². The van der Waals surface area contributed by atoms with E-state index in [1.807, 2.05) is 0 Å². The van der Waals surface area contributed by atoms with E-state index in [9.17, 15) is 14.0 Å². The summed E-state index contributed by atoms with van der Waals surface area (Å²) in [6.07, 6.45) is 1.37. The highest BCUT2D eigenvalue weighted by atomic mass is 79.9. The van der Waals surface area contributed by atoms with Gasteiger partial charge in [0, 0.05) is 17.6 Å². The predicted octanol–water partition coefficient (Wildman–Crippen LogP) is 1.97. The van der Waals surface area contributed by atoms with Crippen LogP contribution in [0.15, 0.2) is 45.8 Å². The molecule has 1 aromatic heterocycles. The number of rotatable bonds is 3. The molecule has 1 amide bonds. The molecule has 0 bridgehead atoms. The number of pyridine rings is 1. The number of nitrogens with one attached hydrogen (secondary N) is 1. The fourth-order valence-electron chi connectivity index (χ4n) is 1.66. The van der Waals surface area contributed by atoms with Crippen LogP contribution in [0.2, 0.25) is 0 Å². The Morgan fingerprint density at radius 3 is 2.85 bits per heavy atom. The first-order valence-electron chi connectivity index (χ1n) is 5.66. The molecule has 0 radical (unpaired) electrons. The summed E-state index contributed by atoms with van der Waals surface area (Å²) >= 11 is 3.07. The van der Waals surface area contributed by atoms with Gasteiger partial charge in [-0.25, -0.2) is 4.39 Å². The monoisotopic (exact) mass is 339 g/mol. The van der Waals surface area contributed by atoms with Crippen LogP contribution in [0.4, 0.5) is 15.8 Å². The molecule has 7 heteroatoms. The highest BCUT2D eigenvalue weighted by Crippen LogP contribution is 2.10. The molecular formula is C13H11BrFN3O2. The minimum absolute atomic E-state index is 0.209. The molecule has 0 saturated carbocycles. The number of hydrogen-bond acceptors (Lipinski definition) is 3. The third-order valence-corrected chi connectivity index (χ3v) is 3.05. The number of aromatic nitrogens is 1. The van der Waals surface area contributed by atoms with Gasteiger partial charge in [0.15, 0.2) is 0 Å². The number of nitrogens with two attached hydrogens (primary N) is 1. The Morgan fingerprint density at radius 2 is 2.15 bits per heavy atom. The van der Waals surface area contributed by atoms with E-state index >= 15 is 0 Å². The lowest BCUT2D eigenvalue weighted by Crippen LogP contribution is -2.28. The zero-order valence-electron chi connectivity index (χ0n) is 10.3. The van der Waals surface area contributed by atoms with E-state index in [0.29, 0.717) is 11.4 Å². The molecule has 0 fully saturated rings. The van der Waals surface area contributed by atoms with Crippen LogP contribution in [-0.4, -0.2) is 10.5 Å². The maximum Gasteiger partial charge on any atom is 0.265 e. The van der Waals surface area contributed by atoms with E-state index in [-0.39, 0.29) is 16.6 Å². The van der Waals surface area contributed by atoms with Crippen molar-refractivity contribution in [3.8, 4) is 0 Å². The van der Waals surface area contributed by atoms with Crippen LogP contribution in [0.3, 0.4) is 0 Å². The van der Waals surface area contributed by atoms with Gasteiger partial charge in [-0.05, 0) is 40.2 Å². The molecule has 0 saturated heterocycles. The van der Waals surface area contributed by atoms with E-state index in [2.05, 4.69) is 21.2 Å². The number of nitrogens with zero attached hydrogens (tertiary/aromatic N) is 1. The molecule has 5 nitrogen and oxygen atoms in total. The van der Waals surface area contributed by atoms with E-state index in [0.717, 1.165) is 0 Å². The quantitative estimate of drug-likeness (QED) is 0.897. The summed E-state index contributed by atoms with van der Waals surface area (Å²) in [4.78, 5) is 23.6. The molecule has 0 unspecified atom stereocenters. The van der Waals surface area contributed by atoms with Crippen molar-refractivity contribution in [3.05, 3.63) is 57.2 Å². The van der Waals surface area contributed by atoms with E-state index in [1.54, 1.807) is 6.07 Å². The minimum Gasteiger partial charge on any atom is -0.398 e. The summed E-state index contributed by atoms with van der Waals surface area (Å²) in [5.41, 5.74) is 5.92. The third kappa shape index (κ3) is 3.45. The van der Waals surface area contributed by atoms with Gasteiger partial charge < -0.3 is 15.6 Å². The second-order valence-corrected chi connectivity index (χ2v) is 4.97. The van der Waals surface area contributed by atoms with Crippen molar-refractivity contribution in [2.75, 3.05) is 11.1 Å². The fourth-order valence-corrected chi connectivity index (χ4v) is 2.15. The Labute approximate surface area is 122 Å². The van der Waals surface area contributed by atoms with Crippen LogP contribution in [0.1, 0.15) is 0 Å². The van der Waals surface area contributed by atoms with Crippen LogP contribution in [0.25, 0.3) is 0 Å². The lowest BCUT2D eigenvalue weighted by molar-refractivity contribution is -0.116. The number of nitrogen functional groups attached to an aromatic ring is 1. The van der Waals surface area contributed by atoms with E-state index in [4.69, 9.17) is 5.73 Å². The van der Waals surface area contributed by atoms with Crippen molar-refractivity contribution in [1.82, 2.24) is 4.57 Å². The van der Waals surface area contributed by atoms with E-state index in [1.165, 1.54) is 35.0 Å². The number of halogens is 2. The van der Waals surface area contributed by atoms with Gasteiger partial charge in [-0.2, -0.15) is 0 Å². The zero-order chi connectivity index (χ0) is 14.7. The molecule has 0 aliphatic carbocycles. The molecule has 3 N–H and O–H groups in total.